The van der Waals surface area contributed by atoms with Crippen LogP contribution in [0.1, 0.15) is 38.3 Å². The van der Waals surface area contributed by atoms with Crippen LogP contribution >= 0.6 is 23.4 Å². The van der Waals surface area contributed by atoms with Gasteiger partial charge in [-0.25, -0.2) is 13.8 Å². The average Bonchev–Trinajstić information content (AvgIpc) is 3.53. The average molecular weight is 487 g/mol. The smallest absolute Gasteiger partial charge is 0.138 e. The molecule has 0 aromatic heterocycles. The molecule has 8 heteroatoms. The second kappa shape index (κ2) is 9.11. The van der Waals surface area contributed by atoms with Crippen LogP contribution in [0.4, 0.5) is 8.78 Å². The van der Waals surface area contributed by atoms with Gasteiger partial charge in [-0.3, -0.25) is 4.99 Å². The largest absolute Gasteiger partial charge is 0.372 e. The summed E-state index contributed by atoms with van der Waals surface area (Å²) in [6, 6.07) is 4.03. The molecule has 4 atom stereocenters. The summed E-state index contributed by atoms with van der Waals surface area (Å²) in [5.41, 5.74) is 4.23. The van der Waals surface area contributed by atoms with E-state index in [1.807, 2.05) is 23.8 Å². The quantitative estimate of drug-likeness (QED) is 0.530. The predicted molar refractivity (Wildman–Crippen MR) is 133 cm³/mol. The van der Waals surface area contributed by atoms with Crippen molar-refractivity contribution >= 4 is 34.9 Å². The minimum absolute atomic E-state index is 0.00258. The van der Waals surface area contributed by atoms with Gasteiger partial charge in [-0.05, 0) is 55.0 Å². The number of hydrogen-bond donors (Lipinski definition) is 1. The number of fused-ring (bicyclic) bond motifs is 1. The number of hydrogen-bond acceptors (Lipinski definition) is 5. The van der Waals surface area contributed by atoms with Gasteiger partial charge in [-0.15, -0.1) is 0 Å². The van der Waals surface area contributed by atoms with Crippen LogP contribution in [0.2, 0.25) is 5.02 Å². The zero-order chi connectivity index (χ0) is 23.1. The molecular formula is C25H25ClF2N4S. The molecule has 1 aromatic rings. The van der Waals surface area contributed by atoms with Gasteiger partial charge in [0.25, 0.3) is 0 Å². The van der Waals surface area contributed by atoms with Crippen molar-refractivity contribution in [3.63, 3.8) is 0 Å². The lowest BCUT2D eigenvalue weighted by atomic mass is 9.90. The lowest BCUT2D eigenvalue weighted by Gasteiger charge is -2.35. The Morgan fingerprint density at radius 3 is 2.91 bits per heavy atom. The van der Waals surface area contributed by atoms with Crippen molar-refractivity contribution < 1.29 is 8.78 Å². The molecule has 4 aliphatic heterocycles. The van der Waals surface area contributed by atoms with Crippen molar-refractivity contribution in [2.24, 2.45) is 15.9 Å². The highest BCUT2D eigenvalue weighted by Crippen LogP contribution is 2.45. The van der Waals surface area contributed by atoms with Gasteiger partial charge in [0.15, 0.2) is 0 Å². The SMILES string of the molecule is CC[C@H]1CC2=C(C3=N/C(=C\C(C)F)C=C3)[C@H](c3ccc(F)cc3Cl)N=C(C3NC=CS3)N2C1. The zero-order valence-electron chi connectivity index (χ0n) is 18.4. The first-order chi connectivity index (χ1) is 15.9. The van der Waals surface area contributed by atoms with Gasteiger partial charge in [0, 0.05) is 34.6 Å². The fraction of sp³-hybridized carbons (Fsp3) is 0.360. The van der Waals surface area contributed by atoms with Crippen LogP contribution in [0, 0.1) is 11.7 Å². The van der Waals surface area contributed by atoms with Crippen LogP contribution in [-0.4, -0.2) is 34.5 Å². The van der Waals surface area contributed by atoms with E-state index >= 15 is 0 Å². The highest BCUT2D eigenvalue weighted by Gasteiger charge is 2.42. The molecule has 1 N–H and O–H groups in total. The summed E-state index contributed by atoms with van der Waals surface area (Å²) < 4.78 is 27.5. The molecule has 2 unspecified atom stereocenters. The van der Waals surface area contributed by atoms with E-state index in [1.165, 1.54) is 30.8 Å². The normalized spacial score (nSPS) is 28.3. The van der Waals surface area contributed by atoms with Crippen LogP contribution in [0.3, 0.4) is 0 Å². The molecular weight excluding hydrogens is 462 g/mol. The van der Waals surface area contributed by atoms with Crippen LogP contribution in [0.25, 0.3) is 0 Å². The lowest BCUT2D eigenvalue weighted by molar-refractivity contribution is 0.429. The molecule has 5 rings (SSSR count). The van der Waals surface area contributed by atoms with Crippen LogP contribution in [-0.2, 0) is 0 Å². The molecule has 0 amide bonds. The molecule has 0 saturated carbocycles. The van der Waals surface area contributed by atoms with E-state index in [9.17, 15) is 8.78 Å². The Hall–Kier alpha value is -2.38. The Labute approximate surface area is 201 Å². The Morgan fingerprint density at radius 2 is 2.21 bits per heavy atom. The van der Waals surface area contributed by atoms with Crippen molar-refractivity contribution in [2.45, 2.75) is 44.3 Å². The molecule has 1 fully saturated rings. The number of aliphatic imine (C=N–C) groups is 2. The maximum absolute atomic E-state index is 13.9. The van der Waals surface area contributed by atoms with E-state index in [1.54, 1.807) is 17.8 Å². The van der Waals surface area contributed by atoms with Gasteiger partial charge in [0.05, 0.1) is 11.4 Å². The molecule has 4 aliphatic rings. The van der Waals surface area contributed by atoms with Crippen LogP contribution in [0.15, 0.2) is 75.0 Å². The number of halogens is 3. The number of benzene rings is 1. The molecule has 0 bridgehead atoms. The topological polar surface area (TPSA) is 40.0 Å². The van der Waals surface area contributed by atoms with E-state index in [0.717, 1.165) is 42.1 Å². The molecule has 4 nitrogen and oxygen atoms in total. The first kappa shape index (κ1) is 22.4. The van der Waals surface area contributed by atoms with Gasteiger partial charge in [-0.2, -0.15) is 0 Å². The third-order valence-corrected chi connectivity index (χ3v) is 7.55. The predicted octanol–water partition coefficient (Wildman–Crippen LogP) is 6.30. The zero-order valence-corrected chi connectivity index (χ0v) is 20.0. The van der Waals surface area contributed by atoms with Crippen molar-refractivity contribution in [3.05, 3.63) is 81.4 Å². The number of thioether (sulfide) groups is 1. The van der Waals surface area contributed by atoms with Gasteiger partial charge >= 0.3 is 0 Å². The number of amidine groups is 1. The molecule has 33 heavy (non-hydrogen) atoms. The van der Waals surface area contributed by atoms with Crippen molar-refractivity contribution in [3.8, 4) is 0 Å². The summed E-state index contributed by atoms with van der Waals surface area (Å²) in [6.07, 6.45) is 8.05. The van der Waals surface area contributed by atoms with Crippen molar-refractivity contribution in [2.75, 3.05) is 6.54 Å². The number of nitrogens with one attached hydrogen (secondary N) is 1. The first-order valence-electron chi connectivity index (χ1n) is 11.2. The van der Waals surface area contributed by atoms with Gasteiger partial charge in [0.2, 0.25) is 0 Å². The number of nitrogens with zero attached hydrogens (tertiary/aromatic N) is 3. The first-order valence-corrected chi connectivity index (χ1v) is 12.5. The summed E-state index contributed by atoms with van der Waals surface area (Å²) in [7, 11) is 0. The van der Waals surface area contributed by atoms with E-state index in [-0.39, 0.29) is 11.2 Å². The van der Waals surface area contributed by atoms with Gasteiger partial charge in [-0.1, -0.05) is 42.8 Å². The highest BCUT2D eigenvalue weighted by atomic mass is 35.5. The minimum Gasteiger partial charge on any atom is -0.372 e. The third-order valence-electron chi connectivity index (χ3n) is 6.31. The van der Waals surface area contributed by atoms with E-state index in [2.05, 4.69) is 17.1 Å². The maximum Gasteiger partial charge on any atom is 0.138 e. The summed E-state index contributed by atoms with van der Waals surface area (Å²) in [5.74, 6) is 1.05. The minimum atomic E-state index is -1.09. The van der Waals surface area contributed by atoms with Crippen LogP contribution < -0.4 is 5.32 Å². The molecule has 0 radical (unpaired) electrons. The second-order valence-electron chi connectivity index (χ2n) is 8.59. The van der Waals surface area contributed by atoms with E-state index in [0.29, 0.717) is 16.6 Å². The second-order valence-corrected chi connectivity index (χ2v) is 10.0. The molecule has 172 valence electrons. The molecule has 0 spiro atoms. The fourth-order valence-electron chi connectivity index (χ4n) is 4.72. The molecule has 1 aromatic carbocycles. The molecule has 4 heterocycles. The number of allylic oxidation sites excluding steroid dienone is 4. The number of rotatable bonds is 5. The van der Waals surface area contributed by atoms with E-state index < -0.39 is 12.2 Å². The summed E-state index contributed by atoms with van der Waals surface area (Å²) in [5, 5.41) is 5.74. The standard InChI is InChI=1S/C25H25ClF2N4S/c1-3-15-11-21-22(20-7-5-17(30-20)10-14(2)27)23(18-6-4-16(28)12-19(18)26)31-24(32(21)13-15)25-29-8-9-33-25/h4-10,12,14-15,23,25,29H,3,11,13H2,1-2H3/b17-10-/t14?,15-,23-,25?/m0/s1. The Kier molecular flexibility index (Phi) is 6.18. The van der Waals surface area contributed by atoms with Gasteiger partial charge < -0.3 is 10.2 Å². The Morgan fingerprint density at radius 1 is 1.36 bits per heavy atom. The Bertz CT molecular complexity index is 1140. The van der Waals surface area contributed by atoms with Crippen molar-refractivity contribution in [1.29, 1.82) is 0 Å². The summed E-state index contributed by atoms with van der Waals surface area (Å²) >= 11 is 8.22. The van der Waals surface area contributed by atoms with Gasteiger partial charge in [0.1, 0.15) is 29.2 Å². The van der Waals surface area contributed by atoms with E-state index in [4.69, 9.17) is 21.6 Å². The monoisotopic (exact) mass is 486 g/mol. The fourth-order valence-corrected chi connectivity index (χ4v) is 5.77. The molecule has 1 saturated heterocycles. The summed E-state index contributed by atoms with van der Waals surface area (Å²) in [4.78, 5) is 12.2. The molecule has 0 aliphatic carbocycles. The van der Waals surface area contributed by atoms with Crippen LogP contribution in [0.5, 0.6) is 0 Å². The maximum atomic E-state index is 13.9. The number of alkyl halides is 1. The van der Waals surface area contributed by atoms with Crippen molar-refractivity contribution in [1.82, 2.24) is 10.2 Å². The third kappa shape index (κ3) is 4.28. The highest BCUT2D eigenvalue weighted by molar-refractivity contribution is 8.03. The summed E-state index contributed by atoms with van der Waals surface area (Å²) in [6.45, 7) is 4.58. The lowest BCUT2D eigenvalue weighted by Crippen LogP contribution is -2.43. The Balaban J connectivity index is 1.67.